The number of benzene rings is 2. The zero-order valence-corrected chi connectivity index (χ0v) is 16.9. The van der Waals surface area contributed by atoms with Gasteiger partial charge in [0.15, 0.2) is 0 Å². The molecule has 0 aromatic heterocycles. The summed E-state index contributed by atoms with van der Waals surface area (Å²) >= 11 is 0. The zero-order valence-electron chi connectivity index (χ0n) is 16.1. The summed E-state index contributed by atoms with van der Waals surface area (Å²) in [4.78, 5) is 12.7. The number of piperidine rings is 1. The quantitative estimate of drug-likeness (QED) is 0.819. The first-order valence-corrected chi connectivity index (χ1v) is 10.9. The molecule has 0 atom stereocenters. The van der Waals surface area contributed by atoms with E-state index in [1.165, 1.54) is 16.4 Å². The summed E-state index contributed by atoms with van der Waals surface area (Å²) in [5.74, 6) is -0.765. The van der Waals surface area contributed by atoms with Crippen LogP contribution in [-0.4, -0.2) is 31.7 Å². The molecule has 1 heterocycles. The van der Waals surface area contributed by atoms with Gasteiger partial charge in [0.25, 0.3) is 0 Å². The zero-order chi connectivity index (χ0) is 20.3. The fourth-order valence-corrected chi connectivity index (χ4v) is 4.80. The van der Waals surface area contributed by atoms with Gasteiger partial charge in [0.2, 0.25) is 15.9 Å². The van der Waals surface area contributed by atoms with Crippen molar-refractivity contribution in [1.29, 1.82) is 0 Å². The number of carbonyl (C=O) groups is 1. The number of halogens is 1. The van der Waals surface area contributed by atoms with Crippen LogP contribution in [0.5, 0.6) is 0 Å². The van der Waals surface area contributed by atoms with Gasteiger partial charge in [-0.1, -0.05) is 38.1 Å². The highest BCUT2D eigenvalue weighted by Gasteiger charge is 2.32. The molecular weight excluding hydrogens is 379 g/mol. The van der Waals surface area contributed by atoms with Gasteiger partial charge >= 0.3 is 0 Å². The maximum Gasteiger partial charge on any atom is 0.243 e. The van der Waals surface area contributed by atoms with Crippen LogP contribution < -0.4 is 5.32 Å². The molecule has 1 fully saturated rings. The minimum Gasteiger partial charge on any atom is -0.323 e. The Morgan fingerprint density at radius 3 is 2.25 bits per heavy atom. The number of rotatable bonds is 5. The van der Waals surface area contributed by atoms with Gasteiger partial charge in [-0.3, -0.25) is 4.79 Å². The Kier molecular flexibility index (Phi) is 6.15. The van der Waals surface area contributed by atoms with Crippen LogP contribution in [0.25, 0.3) is 0 Å². The molecule has 150 valence electrons. The van der Waals surface area contributed by atoms with Crippen LogP contribution in [0, 0.1) is 11.7 Å². The van der Waals surface area contributed by atoms with E-state index in [2.05, 4.69) is 19.2 Å². The van der Waals surface area contributed by atoms with Gasteiger partial charge < -0.3 is 5.32 Å². The van der Waals surface area contributed by atoms with E-state index in [1.807, 2.05) is 12.1 Å². The summed E-state index contributed by atoms with van der Waals surface area (Å²) in [7, 11) is -3.58. The number of carbonyl (C=O) groups excluding carboxylic acids is 1. The van der Waals surface area contributed by atoms with Gasteiger partial charge in [0.1, 0.15) is 5.82 Å². The Morgan fingerprint density at radius 2 is 1.68 bits per heavy atom. The Hall–Kier alpha value is -2.25. The standard InChI is InChI=1S/C21H25FN2O3S/c1-15(2)16-7-9-18(10-8-16)28(26,27)24-13-11-17(12-14-24)21(25)23-20-6-4-3-5-19(20)22/h3-10,15,17H,11-14H2,1-2H3,(H,23,25). The minimum atomic E-state index is -3.58. The molecular formula is C21H25FN2O3S. The molecule has 1 aliphatic rings. The molecule has 0 aliphatic carbocycles. The van der Waals surface area contributed by atoms with Gasteiger partial charge in [-0.05, 0) is 48.6 Å². The molecule has 3 rings (SSSR count). The molecule has 1 N–H and O–H groups in total. The van der Waals surface area contributed by atoms with Crippen LogP contribution in [0.4, 0.5) is 10.1 Å². The van der Waals surface area contributed by atoms with Crippen LogP contribution >= 0.6 is 0 Å². The van der Waals surface area contributed by atoms with Gasteiger partial charge in [-0.2, -0.15) is 4.31 Å². The van der Waals surface area contributed by atoms with Crippen molar-refractivity contribution in [3.05, 3.63) is 59.9 Å². The summed E-state index contributed by atoms with van der Waals surface area (Å²) in [6.07, 6.45) is 0.813. The van der Waals surface area contributed by atoms with Gasteiger partial charge in [-0.25, -0.2) is 12.8 Å². The second kappa shape index (κ2) is 8.41. The van der Waals surface area contributed by atoms with Crippen LogP contribution in [-0.2, 0) is 14.8 Å². The number of hydrogen-bond donors (Lipinski definition) is 1. The topological polar surface area (TPSA) is 66.5 Å². The van der Waals surface area contributed by atoms with E-state index < -0.39 is 15.8 Å². The second-order valence-electron chi connectivity index (χ2n) is 7.37. The van der Waals surface area contributed by atoms with E-state index in [1.54, 1.807) is 24.3 Å². The fraction of sp³-hybridized carbons (Fsp3) is 0.381. The van der Waals surface area contributed by atoms with Crippen molar-refractivity contribution in [2.24, 2.45) is 5.92 Å². The molecule has 0 unspecified atom stereocenters. The number of hydrogen-bond acceptors (Lipinski definition) is 3. The lowest BCUT2D eigenvalue weighted by Gasteiger charge is -2.30. The van der Waals surface area contributed by atoms with Crippen molar-refractivity contribution in [2.75, 3.05) is 18.4 Å². The maximum absolute atomic E-state index is 13.7. The van der Waals surface area contributed by atoms with E-state index in [0.717, 1.165) is 5.56 Å². The summed E-state index contributed by atoms with van der Waals surface area (Å²) < 4.78 is 40.8. The Bertz CT molecular complexity index is 934. The molecule has 2 aromatic carbocycles. The van der Waals surface area contributed by atoms with E-state index in [0.29, 0.717) is 18.8 Å². The number of nitrogens with one attached hydrogen (secondary N) is 1. The Labute approximate surface area is 165 Å². The molecule has 0 spiro atoms. The van der Waals surface area contributed by atoms with E-state index in [9.17, 15) is 17.6 Å². The van der Waals surface area contributed by atoms with E-state index in [4.69, 9.17) is 0 Å². The number of anilines is 1. The molecule has 1 aliphatic heterocycles. The Balaban J connectivity index is 1.62. The van der Waals surface area contributed by atoms with Crippen molar-refractivity contribution in [3.8, 4) is 0 Å². The van der Waals surface area contributed by atoms with Crippen molar-refractivity contribution < 1.29 is 17.6 Å². The highest BCUT2D eigenvalue weighted by atomic mass is 32.2. The van der Waals surface area contributed by atoms with E-state index >= 15 is 0 Å². The largest absolute Gasteiger partial charge is 0.323 e. The van der Waals surface area contributed by atoms with Gasteiger partial charge in [-0.15, -0.1) is 0 Å². The molecule has 2 aromatic rings. The normalized spacial score (nSPS) is 16.3. The highest BCUT2D eigenvalue weighted by molar-refractivity contribution is 7.89. The maximum atomic E-state index is 13.7. The van der Waals surface area contributed by atoms with Crippen LogP contribution in [0.15, 0.2) is 53.4 Å². The van der Waals surface area contributed by atoms with Crippen molar-refractivity contribution in [3.63, 3.8) is 0 Å². The Morgan fingerprint density at radius 1 is 1.07 bits per heavy atom. The molecule has 5 nitrogen and oxygen atoms in total. The molecule has 0 bridgehead atoms. The molecule has 28 heavy (non-hydrogen) atoms. The first-order chi connectivity index (χ1) is 13.3. The molecule has 0 radical (unpaired) electrons. The van der Waals surface area contributed by atoms with Crippen molar-refractivity contribution in [1.82, 2.24) is 4.31 Å². The molecule has 1 amide bonds. The van der Waals surface area contributed by atoms with Gasteiger partial charge in [0, 0.05) is 19.0 Å². The fourth-order valence-electron chi connectivity index (χ4n) is 3.33. The highest BCUT2D eigenvalue weighted by Crippen LogP contribution is 2.26. The smallest absolute Gasteiger partial charge is 0.243 e. The van der Waals surface area contributed by atoms with Crippen molar-refractivity contribution >= 4 is 21.6 Å². The summed E-state index contributed by atoms with van der Waals surface area (Å²) in [6, 6.07) is 13.0. The molecule has 0 saturated carbocycles. The lowest BCUT2D eigenvalue weighted by atomic mass is 9.97. The average molecular weight is 405 g/mol. The number of para-hydroxylation sites is 1. The van der Waals surface area contributed by atoms with Crippen LogP contribution in [0.2, 0.25) is 0 Å². The minimum absolute atomic E-state index is 0.146. The predicted octanol–water partition coefficient (Wildman–Crippen LogP) is 3.99. The first-order valence-electron chi connectivity index (χ1n) is 9.44. The third kappa shape index (κ3) is 4.42. The number of nitrogens with zero attached hydrogens (tertiary/aromatic N) is 1. The summed E-state index contributed by atoms with van der Waals surface area (Å²) in [6.45, 7) is 4.65. The summed E-state index contributed by atoms with van der Waals surface area (Å²) in [5, 5.41) is 2.60. The SMILES string of the molecule is CC(C)c1ccc(S(=O)(=O)N2CCC(C(=O)Nc3ccccc3F)CC2)cc1. The molecule has 7 heteroatoms. The van der Waals surface area contributed by atoms with Gasteiger partial charge in [0.05, 0.1) is 10.6 Å². The van der Waals surface area contributed by atoms with E-state index in [-0.39, 0.29) is 35.5 Å². The average Bonchev–Trinajstić information content (AvgIpc) is 2.70. The lowest BCUT2D eigenvalue weighted by Crippen LogP contribution is -2.41. The third-order valence-corrected chi connectivity index (χ3v) is 7.05. The predicted molar refractivity (Wildman–Crippen MR) is 107 cm³/mol. The third-order valence-electron chi connectivity index (χ3n) is 5.14. The second-order valence-corrected chi connectivity index (χ2v) is 9.31. The summed E-state index contributed by atoms with van der Waals surface area (Å²) in [5.41, 5.74) is 1.23. The number of sulfonamides is 1. The first kappa shape index (κ1) is 20.5. The molecule has 1 saturated heterocycles. The monoisotopic (exact) mass is 404 g/mol. The van der Waals surface area contributed by atoms with Crippen molar-refractivity contribution in [2.45, 2.75) is 37.5 Å². The van der Waals surface area contributed by atoms with Crippen LogP contribution in [0.3, 0.4) is 0 Å². The lowest BCUT2D eigenvalue weighted by molar-refractivity contribution is -0.120. The van der Waals surface area contributed by atoms with Crippen LogP contribution in [0.1, 0.15) is 38.2 Å². The number of amides is 1.